The Bertz CT molecular complexity index is 447. The van der Waals surface area contributed by atoms with Gasteiger partial charge in [-0.1, -0.05) is 6.92 Å². The molecule has 19 heavy (non-hydrogen) atoms. The lowest BCUT2D eigenvalue weighted by molar-refractivity contribution is -0.176. The molecule has 0 radical (unpaired) electrons. The van der Waals surface area contributed by atoms with Gasteiger partial charge in [0.05, 0.1) is 5.92 Å². The van der Waals surface area contributed by atoms with Crippen LogP contribution in [0.5, 0.6) is 0 Å². The minimum Gasteiger partial charge on any atom is -0.384 e. The number of nitrogens with zero attached hydrogens (tertiary/aromatic N) is 3. The summed E-state index contributed by atoms with van der Waals surface area (Å²) in [7, 11) is 0. The van der Waals surface area contributed by atoms with Crippen LogP contribution in [0.3, 0.4) is 0 Å². The Balaban J connectivity index is 2.19. The van der Waals surface area contributed by atoms with E-state index in [2.05, 4.69) is 9.97 Å². The monoisotopic (exact) mass is 274 g/mol. The van der Waals surface area contributed by atoms with Crippen LogP contribution in [0.25, 0.3) is 0 Å². The van der Waals surface area contributed by atoms with Crippen molar-refractivity contribution < 1.29 is 13.2 Å². The maximum Gasteiger partial charge on any atom is 0.393 e. The molecule has 1 aromatic rings. The fourth-order valence-corrected chi connectivity index (χ4v) is 2.28. The van der Waals surface area contributed by atoms with Crippen molar-refractivity contribution in [3.8, 4) is 0 Å². The molecule has 1 saturated heterocycles. The molecule has 2 N–H and O–H groups in total. The van der Waals surface area contributed by atoms with Crippen molar-refractivity contribution in [2.24, 2.45) is 5.92 Å². The molecule has 0 amide bonds. The number of nitrogens with two attached hydrogens (primary N) is 1. The number of nitrogen functional groups attached to an aromatic ring is 1. The molecule has 1 aromatic heterocycles. The number of anilines is 2. The zero-order valence-corrected chi connectivity index (χ0v) is 10.7. The van der Waals surface area contributed by atoms with Gasteiger partial charge in [-0.3, -0.25) is 0 Å². The van der Waals surface area contributed by atoms with E-state index >= 15 is 0 Å². The molecule has 0 aliphatic carbocycles. The highest BCUT2D eigenvalue weighted by Gasteiger charge is 2.42. The number of rotatable bonds is 2. The Kier molecular flexibility index (Phi) is 3.82. The van der Waals surface area contributed by atoms with Crippen molar-refractivity contribution in [3.63, 3.8) is 0 Å². The van der Waals surface area contributed by atoms with Crippen LogP contribution in [-0.4, -0.2) is 29.2 Å². The summed E-state index contributed by atoms with van der Waals surface area (Å²) >= 11 is 0. The average Bonchev–Trinajstić information content (AvgIpc) is 2.37. The van der Waals surface area contributed by atoms with Gasteiger partial charge < -0.3 is 10.6 Å². The summed E-state index contributed by atoms with van der Waals surface area (Å²) in [5.41, 5.74) is 5.66. The molecule has 7 heteroatoms. The lowest BCUT2D eigenvalue weighted by Crippen LogP contribution is -2.42. The molecule has 0 bridgehead atoms. The largest absolute Gasteiger partial charge is 0.393 e. The highest BCUT2D eigenvalue weighted by Crippen LogP contribution is 2.34. The topological polar surface area (TPSA) is 55.0 Å². The first kappa shape index (κ1) is 13.9. The van der Waals surface area contributed by atoms with Crippen molar-refractivity contribution in [2.75, 3.05) is 23.7 Å². The van der Waals surface area contributed by atoms with Crippen LogP contribution in [0.1, 0.15) is 25.6 Å². The second-order valence-corrected chi connectivity index (χ2v) is 4.75. The van der Waals surface area contributed by atoms with Crippen LogP contribution in [0.2, 0.25) is 0 Å². The number of alkyl halides is 3. The van der Waals surface area contributed by atoms with Gasteiger partial charge in [0.2, 0.25) is 0 Å². The summed E-state index contributed by atoms with van der Waals surface area (Å²) in [6.07, 6.45) is -2.85. The summed E-state index contributed by atoms with van der Waals surface area (Å²) in [4.78, 5) is 9.94. The Morgan fingerprint density at radius 2 is 2.16 bits per heavy atom. The first-order valence-corrected chi connectivity index (χ1v) is 6.35. The second-order valence-electron chi connectivity index (χ2n) is 4.75. The van der Waals surface area contributed by atoms with Crippen LogP contribution in [0.4, 0.5) is 24.8 Å². The van der Waals surface area contributed by atoms with Crippen molar-refractivity contribution in [3.05, 3.63) is 11.9 Å². The third kappa shape index (κ3) is 3.27. The van der Waals surface area contributed by atoms with Gasteiger partial charge in [-0.25, -0.2) is 9.97 Å². The SMILES string of the molecule is CCc1nc(N)cc(N2CCCC(C(F)(F)F)C2)n1. The fraction of sp³-hybridized carbons (Fsp3) is 0.667. The van der Waals surface area contributed by atoms with Gasteiger partial charge in [0, 0.05) is 25.6 Å². The van der Waals surface area contributed by atoms with Crippen LogP contribution < -0.4 is 10.6 Å². The molecule has 106 valence electrons. The number of halogens is 3. The summed E-state index contributed by atoms with van der Waals surface area (Å²) in [5.74, 6) is 0.0703. The summed E-state index contributed by atoms with van der Waals surface area (Å²) < 4.78 is 38.3. The molecule has 2 heterocycles. The van der Waals surface area contributed by atoms with Crippen molar-refractivity contribution in [1.29, 1.82) is 0 Å². The molecule has 1 aliphatic heterocycles. The van der Waals surface area contributed by atoms with Gasteiger partial charge >= 0.3 is 6.18 Å². The highest BCUT2D eigenvalue weighted by atomic mass is 19.4. The molecule has 0 saturated carbocycles. The predicted octanol–water partition coefficient (Wildman–Crippen LogP) is 2.40. The maximum absolute atomic E-state index is 12.8. The quantitative estimate of drug-likeness (QED) is 0.899. The maximum atomic E-state index is 12.8. The Hall–Kier alpha value is -1.53. The molecule has 0 aromatic carbocycles. The van der Waals surface area contributed by atoms with Crippen molar-refractivity contribution >= 4 is 11.6 Å². The predicted molar refractivity (Wildman–Crippen MR) is 66.8 cm³/mol. The number of aromatic nitrogens is 2. The minimum atomic E-state index is -4.15. The summed E-state index contributed by atoms with van der Waals surface area (Å²) in [6.45, 7) is 2.41. The minimum absolute atomic E-state index is 0.0525. The molecular formula is C12H17F3N4. The van der Waals surface area contributed by atoms with Gasteiger partial charge in [-0.2, -0.15) is 13.2 Å². The number of hydrogen-bond acceptors (Lipinski definition) is 4. The number of aryl methyl sites for hydroxylation is 1. The van der Waals surface area contributed by atoms with E-state index in [1.165, 1.54) is 6.07 Å². The van der Waals surface area contributed by atoms with E-state index in [0.29, 0.717) is 36.8 Å². The Labute approximate surface area is 109 Å². The lowest BCUT2D eigenvalue weighted by Gasteiger charge is -2.34. The molecule has 2 rings (SSSR count). The van der Waals surface area contributed by atoms with Gasteiger partial charge in [0.15, 0.2) is 0 Å². The average molecular weight is 274 g/mol. The Morgan fingerprint density at radius 1 is 1.42 bits per heavy atom. The van der Waals surface area contributed by atoms with Gasteiger partial charge in [0.25, 0.3) is 0 Å². The zero-order valence-electron chi connectivity index (χ0n) is 10.7. The summed E-state index contributed by atoms with van der Waals surface area (Å²) in [6, 6.07) is 1.54. The molecule has 4 nitrogen and oxygen atoms in total. The van der Waals surface area contributed by atoms with Crippen LogP contribution in [0, 0.1) is 5.92 Å². The van der Waals surface area contributed by atoms with E-state index in [0.717, 1.165) is 0 Å². The van der Waals surface area contributed by atoms with Gasteiger partial charge in [0.1, 0.15) is 17.5 Å². The molecule has 1 atom stereocenters. The molecule has 1 aliphatic rings. The standard InChI is InChI=1S/C12H17F3N4/c1-2-10-17-9(16)6-11(18-10)19-5-3-4-8(7-19)12(13,14)15/h6,8H,2-5,7H2,1H3,(H2,16,17,18). The Morgan fingerprint density at radius 3 is 2.79 bits per heavy atom. The van der Waals surface area contributed by atoms with Gasteiger partial charge in [-0.05, 0) is 12.8 Å². The lowest BCUT2D eigenvalue weighted by atomic mass is 9.97. The van der Waals surface area contributed by atoms with Crippen molar-refractivity contribution in [2.45, 2.75) is 32.4 Å². The van der Waals surface area contributed by atoms with E-state index in [-0.39, 0.29) is 13.0 Å². The molecular weight excluding hydrogens is 257 g/mol. The normalized spacial score (nSPS) is 20.6. The highest BCUT2D eigenvalue weighted by molar-refractivity contribution is 5.47. The van der Waals surface area contributed by atoms with Gasteiger partial charge in [-0.15, -0.1) is 0 Å². The number of piperidine rings is 1. The van der Waals surface area contributed by atoms with E-state index in [9.17, 15) is 13.2 Å². The van der Waals surface area contributed by atoms with E-state index < -0.39 is 12.1 Å². The third-order valence-corrected chi connectivity index (χ3v) is 3.30. The fourth-order valence-electron chi connectivity index (χ4n) is 2.28. The molecule has 1 unspecified atom stereocenters. The van der Waals surface area contributed by atoms with E-state index in [1.807, 2.05) is 6.92 Å². The summed E-state index contributed by atoms with van der Waals surface area (Å²) in [5, 5.41) is 0. The second kappa shape index (κ2) is 5.22. The van der Waals surface area contributed by atoms with Crippen LogP contribution >= 0.6 is 0 Å². The van der Waals surface area contributed by atoms with Crippen LogP contribution in [-0.2, 0) is 6.42 Å². The third-order valence-electron chi connectivity index (χ3n) is 3.30. The first-order valence-electron chi connectivity index (χ1n) is 6.35. The van der Waals surface area contributed by atoms with E-state index in [1.54, 1.807) is 4.90 Å². The molecule has 0 spiro atoms. The smallest absolute Gasteiger partial charge is 0.384 e. The van der Waals surface area contributed by atoms with Crippen LogP contribution in [0.15, 0.2) is 6.07 Å². The number of hydrogen-bond donors (Lipinski definition) is 1. The van der Waals surface area contributed by atoms with E-state index in [4.69, 9.17) is 5.73 Å². The first-order chi connectivity index (χ1) is 8.90. The molecule has 1 fully saturated rings. The van der Waals surface area contributed by atoms with Crippen molar-refractivity contribution in [1.82, 2.24) is 9.97 Å². The zero-order chi connectivity index (χ0) is 14.0.